The summed E-state index contributed by atoms with van der Waals surface area (Å²) in [7, 11) is 0. The Morgan fingerprint density at radius 1 is 1.20 bits per heavy atom. The second kappa shape index (κ2) is 7.26. The molecule has 0 amide bonds. The second-order valence-electron chi connectivity index (χ2n) is 7.58. The van der Waals surface area contributed by atoms with Gasteiger partial charge in [0.1, 0.15) is 0 Å². The predicted octanol–water partition coefficient (Wildman–Crippen LogP) is 4.39. The van der Waals surface area contributed by atoms with Gasteiger partial charge in [0.25, 0.3) is 0 Å². The first-order chi connectivity index (χ1) is 9.57. The average molecular weight is 281 g/mol. The van der Waals surface area contributed by atoms with Crippen LogP contribution in [0.25, 0.3) is 0 Å². The molecule has 2 fully saturated rings. The Labute approximate surface area is 126 Å². The number of ether oxygens (including phenoxy) is 1. The van der Waals surface area contributed by atoms with E-state index >= 15 is 0 Å². The minimum atomic E-state index is 0.0678. The van der Waals surface area contributed by atoms with Crippen molar-refractivity contribution >= 4 is 0 Å². The van der Waals surface area contributed by atoms with Crippen molar-refractivity contribution in [1.29, 1.82) is 0 Å². The number of hydrogen-bond acceptors (Lipinski definition) is 2. The van der Waals surface area contributed by atoms with Gasteiger partial charge in [-0.05, 0) is 69.7 Å². The Hall–Kier alpha value is -0.0800. The Bertz CT molecular complexity index is 285. The summed E-state index contributed by atoms with van der Waals surface area (Å²) in [6, 6.07) is 0.553. The number of rotatable bonds is 5. The van der Waals surface area contributed by atoms with Gasteiger partial charge in [-0.1, -0.05) is 27.2 Å². The zero-order chi connectivity index (χ0) is 14.6. The molecule has 1 heterocycles. The van der Waals surface area contributed by atoms with Crippen molar-refractivity contribution in [3.63, 3.8) is 0 Å². The van der Waals surface area contributed by atoms with Crippen LogP contribution in [0, 0.1) is 17.8 Å². The van der Waals surface area contributed by atoms with E-state index in [0.29, 0.717) is 6.04 Å². The molecule has 2 heteroatoms. The maximum atomic E-state index is 6.28. The highest BCUT2D eigenvalue weighted by atomic mass is 16.5. The van der Waals surface area contributed by atoms with Crippen molar-refractivity contribution in [2.45, 2.75) is 84.3 Å². The maximum Gasteiger partial charge on any atom is 0.0809 e. The monoisotopic (exact) mass is 281 g/mol. The highest BCUT2D eigenvalue weighted by Gasteiger charge is 2.42. The molecule has 0 bridgehead atoms. The molecule has 5 atom stereocenters. The van der Waals surface area contributed by atoms with Crippen LogP contribution in [0.1, 0.15) is 72.6 Å². The van der Waals surface area contributed by atoms with Crippen LogP contribution >= 0.6 is 0 Å². The summed E-state index contributed by atoms with van der Waals surface area (Å²) in [6.45, 7) is 11.6. The Kier molecular flexibility index (Phi) is 5.92. The van der Waals surface area contributed by atoms with E-state index in [2.05, 4.69) is 33.0 Å². The number of nitrogens with one attached hydrogen (secondary N) is 1. The largest absolute Gasteiger partial charge is 0.374 e. The molecule has 1 aliphatic heterocycles. The van der Waals surface area contributed by atoms with Gasteiger partial charge in [-0.3, -0.25) is 0 Å². The fourth-order valence-corrected chi connectivity index (χ4v) is 4.27. The SMILES string of the molecule is CCCNC(C1CCC(C)C(C)C1)C1(C)CCCCO1. The molecule has 0 spiro atoms. The molecule has 0 aromatic rings. The topological polar surface area (TPSA) is 21.3 Å². The van der Waals surface area contributed by atoms with Crippen LogP contribution in [-0.4, -0.2) is 24.8 Å². The molecule has 20 heavy (non-hydrogen) atoms. The first-order valence-corrected chi connectivity index (χ1v) is 8.94. The third-order valence-corrected chi connectivity index (χ3v) is 5.88. The van der Waals surface area contributed by atoms with Gasteiger partial charge >= 0.3 is 0 Å². The lowest BCUT2D eigenvalue weighted by Gasteiger charge is -2.47. The van der Waals surface area contributed by atoms with Gasteiger partial charge in [-0.15, -0.1) is 0 Å². The average Bonchev–Trinajstić information content (AvgIpc) is 2.43. The van der Waals surface area contributed by atoms with E-state index in [0.717, 1.165) is 30.9 Å². The van der Waals surface area contributed by atoms with E-state index in [-0.39, 0.29) is 5.60 Å². The second-order valence-corrected chi connectivity index (χ2v) is 7.58. The van der Waals surface area contributed by atoms with Crippen LogP contribution in [0.3, 0.4) is 0 Å². The zero-order valence-corrected chi connectivity index (χ0v) is 14.1. The predicted molar refractivity (Wildman–Crippen MR) is 86.0 cm³/mol. The fourth-order valence-electron chi connectivity index (χ4n) is 4.27. The lowest BCUT2D eigenvalue weighted by atomic mass is 9.69. The van der Waals surface area contributed by atoms with Gasteiger partial charge in [0, 0.05) is 12.6 Å². The lowest BCUT2D eigenvalue weighted by Crippen LogP contribution is -2.57. The summed E-state index contributed by atoms with van der Waals surface area (Å²) in [5.74, 6) is 2.57. The standard InChI is InChI=1S/C18H35NO/c1-5-11-19-17(18(4)10-6-7-12-20-18)16-9-8-14(2)15(3)13-16/h14-17,19H,5-13H2,1-4H3. The third-order valence-electron chi connectivity index (χ3n) is 5.88. The molecule has 1 saturated heterocycles. The summed E-state index contributed by atoms with van der Waals surface area (Å²) in [4.78, 5) is 0. The molecule has 1 aliphatic carbocycles. The molecule has 2 nitrogen and oxygen atoms in total. The normalized spacial score (nSPS) is 40.5. The van der Waals surface area contributed by atoms with Gasteiger partial charge < -0.3 is 10.1 Å². The van der Waals surface area contributed by atoms with Crippen LogP contribution in [0.15, 0.2) is 0 Å². The quantitative estimate of drug-likeness (QED) is 0.807. The molecular formula is C18H35NO. The highest BCUT2D eigenvalue weighted by Crippen LogP contribution is 2.40. The molecule has 118 valence electrons. The summed E-state index contributed by atoms with van der Waals surface area (Å²) in [5, 5.41) is 3.86. The van der Waals surface area contributed by atoms with Crippen LogP contribution in [0.5, 0.6) is 0 Å². The van der Waals surface area contributed by atoms with E-state index in [1.165, 1.54) is 44.9 Å². The van der Waals surface area contributed by atoms with Gasteiger partial charge in [0.2, 0.25) is 0 Å². The highest BCUT2D eigenvalue weighted by molar-refractivity contribution is 4.97. The molecule has 2 rings (SSSR count). The van der Waals surface area contributed by atoms with E-state index in [1.807, 2.05) is 0 Å². The molecule has 1 saturated carbocycles. The summed E-state index contributed by atoms with van der Waals surface area (Å²) in [5.41, 5.74) is 0.0678. The van der Waals surface area contributed by atoms with Gasteiger partial charge in [0.15, 0.2) is 0 Å². The Balaban J connectivity index is 2.06. The van der Waals surface area contributed by atoms with E-state index in [9.17, 15) is 0 Å². The molecule has 0 radical (unpaired) electrons. The molecule has 0 aromatic carbocycles. The van der Waals surface area contributed by atoms with Gasteiger partial charge in [-0.25, -0.2) is 0 Å². The first-order valence-electron chi connectivity index (χ1n) is 8.94. The van der Waals surface area contributed by atoms with E-state index < -0.39 is 0 Å². The summed E-state index contributed by atoms with van der Waals surface area (Å²) < 4.78 is 6.28. The van der Waals surface area contributed by atoms with Crippen molar-refractivity contribution < 1.29 is 4.74 Å². The minimum absolute atomic E-state index is 0.0678. The Morgan fingerprint density at radius 3 is 2.60 bits per heavy atom. The van der Waals surface area contributed by atoms with Crippen molar-refractivity contribution in [2.75, 3.05) is 13.2 Å². The van der Waals surface area contributed by atoms with Crippen molar-refractivity contribution in [1.82, 2.24) is 5.32 Å². The van der Waals surface area contributed by atoms with Crippen LogP contribution in [-0.2, 0) is 4.74 Å². The van der Waals surface area contributed by atoms with Crippen LogP contribution in [0.4, 0.5) is 0 Å². The first kappa shape index (κ1) is 16.3. The smallest absolute Gasteiger partial charge is 0.0809 e. The minimum Gasteiger partial charge on any atom is -0.374 e. The molecule has 2 aliphatic rings. The molecule has 1 N–H and O–H groups in total. The van der Waals surface area contributed by atoms with E-state index in [1.54, 1.807) is 0 Å². The Morgan fingerprint density at radius 2 is 2.00 bits per heavy atom. The van der Waals surface area contributed by atoms with Crippen molar-refractivity contribution in [2.24, 2.45) is 17.8 Å². The zero-order valence-electron chi connectivity index (χ0n) is 14.1. The third kappa shape index (κ3) is 3.76. The fraction of sp³-hybridized carbons (Fsp3) is 1.00. The van der Waals surface area contributed by atoms with Crippen molar-refractivity contribution in [3.05, 3.63) is 0 Å². The van der Waals surface area contributed by atoms with Crippen LogP contribution in [0.2, 0.25) is 0 Å². The molecule has 0 aromatic heterocycles. The lowest BCUT2D eigenvalue weighted by molar-refractivity contribution is -0.106. The van der Waals surface area contributed by atoms with Crippen molar-refractivity contribution in [3.8, 4) is 0 Å². The maximum absolute atomic E-state index is 6.28. The summed E-state index contributed by atoms with van der Waals surface area (Å²) >= 11 is 0. The molecule has 5 unspecified atom stereocenters. The van der Waals surface area contributed by atoms with Gasteiger partial charge in [0.05, 0.1) is 5.60 Å². The summed E-state index contributed by atoms with van der Waals surface area (Å²) in [6.07, 6.45) is 9.17. The van der Waals surface area contributed by atoms with Crippen LogP contribution < -0.4 is 5.32 Å². The van der Waals surface area contributed by atoms with Gasteiger partial charge in [-0.2, -0.15) is 0 Å². The molecular weight excluding hydrogens is 246 g/mol. The van der Waals surface area contributed by atoms with E-state index in [4.69, 9.17) is 4.74 Å². The number of hydrogen-bond donors (Lipinski definition) is 1.